The number of aromatic nitrogens is 1. The van der Waals surface area contributed by atoms with Crippen LogP contribution in [0.4, 0.5) is 0 Å². The van der Waals surface area contributed by atoms with Gasteiger partial charge in [-0.05, 0) is 17.7 Å². The van der Waals surface area contributed by atoms with Crippen LogP contribution in [0.1, 0.15) is 11.1 Å². The molecule has 76 valence electrons. The fourth-order valence-electron chi connectivity index (χ4n) is 1.87. The lowest BCUT2D eigenvalue weighted by Gasteiger charge is -2.13. The van der Waals surface area contributed by atoms with E-state index in [9.17, 15) is 4.79 Å². The molecular formula is C11H9NO3. The molecule has 0 fully saturated rings. The maximum atomic E-state index is 11.7. The van der Waals surface area contributed by atoms with Crippen molar-refractivity contribution in [3.05, 3.63) is 38.3 Å². The van der Waals surface area contributed by atoms with Gasteiger partial charge in [0.25, 0.3) is 5.56 Å². The average molecular weight is 203 g/mol. The molecule has 0 unspecified atom stereocenters. The number of hydrogen-bond donors (Lipinski definition) is 1. The first-order valence-corrected chi connectivity index (χ1v) is 4.71. The van der Waals surface area contributed by atoms with Gasteiger partial charge >= 0.3 is 0 Å². The van der Waals surface area contributed by atoms with Crippen LogP contribution in [0.2, 0.25) is 0 Å². The molecule has 1 aromatic heterocycles. The Balaban J connectivity index is 2.50. The van der Waals surface area contributed by atoms with Crippen molar-refractivity contribution in [3.8, 4) is 0 Å². The molecule has 3 rings (SSSR count). The van der Waals surface area contributed by atoms with Gasteiger partial charge in [-0.1, -0.05) is 0 Å². The van der Waals surface area contributed by atoms with Gasteiger partial charge in [0.15, 0.2) is 0 Å². The molecule has 0 saturated heterocycles. The molecule has 4 heteroatoms. The average Bonchev–Trinajstić information content (AvgIpc) is 2.30. The highest BCUT2D eigenvalue weighted by Crippen LogP contribution is 2.07. The summed E-state index contributed by atoms with van der Waals surface area (Å²) in [6, 6.07) is 0. The Morgan fingerprint density at radius 1 is 1.40 bits per heavy atom. The van der Waals surface area contributed by atoms with E-state index in [2.05, 4.69) is 4.98 Å². The van der Waals surface area contributed by atoms with Gasteiger partial charge in [0, 0.05) is 10.8 Å². The van der Waals surface area contributed by atoms with Gasteiger partial charge in [-0.15, -0.1) is 0 Å². The Kier molecular flexibility index (Phi) is 1.76. The predicted octanol–water partition coefficient (Wildman–Crippen LogP) is -0.575. The standard InChI is InChI=1S/C11H9NO3/c13-11-8-2-4-14-5-9(8)7-1-3-15-6-10(7)12-11/h1-3,6H,4-5H2,(H,12,13). The first-order chi connectivity index (χ1) is 7.36. The molecule has 2 aliphatic heterocycles. The Labute approximate surface area is 85.1 Å². The van der Waals surface area contributed by atoms with Crippen LogP contribution in [-0.2, 0) is 16.1 Å². The SMILES string of the molecule is O=c1[nH]c2c(c3c1=CCOC3)C=COC=2. The summed E-state index contributed by atoms with van der Waals surface area (Å²) in [5, 5.41) is 1.43. The van der Waals surface area contributed by atoms with Gasteiger partial charge in [-0.2, -0.15) is 0 Å². The third-order valence-corrected chi connectivity index (χ3v) is 2.58. The lowest BCUT2D eigenvalue weighted by molar-refractivity contribution is 0.149. The molecule has 1 N–H and O–H groups in total. The molecule has 4 nitrogen and oxygen atoms in total. The number of hydrogen-bond acceptors (Lipinski definition) is 3. The molecule has 0 bridgehead atoms. The zero-order chi connectivity index (χ0) is 10.3. The predicted molar refractivity (Wildman–Crippen MR) is 55.0 cm³/mol. The number of rotatable bonds is 0. The van der Waals surface area contributed by atoms with Crippen LogP contribution in [-0.4, -0.2) is 11.6 Å². The van der Waals surface area contributed by atoms with Crippen molar-refractivity contribution in [3.63, 3.8) is 0 Å². The minimum Gasteiger partial charge on any atom is -0.470 e. The second-order valence-electron chi connectivity index (χ2n) is 3.45. The molecular weight excluding hydrogens is 194 g/mol. The molecule has 0 aromatic carbocycles. The highest BCUT2D eigenvalue weighted by Gasteiger charge is 2.12. The van der Waals surface area contributed by atoms with E-state index in [1.807, 2.05) is 6.08 Å². The van der Waals surface area contributed by atoms with Gasteiger partial charge in [-0.25, -0.2) is 0 Å². The molecule has 0 saturated carbocycles. The van der Waals surface area contributed by atoms with E-state index in [1.165, 1.54) is 6.26 Å². The van der Waals surface area contributed by atoms with Crippen LogP contribution in [0.3, 0.4) is 0 Å². The van der Waals surface area contributed by atoms with Crippen molar-refractivity contribution in [2.45, 2.75) is 6.61 Å². The number of fused-ring (bicyclic) bond motifs is 3. The van der Waals surface area contributed by atoms with Gasteiger partial charge in [0.1, 0.15) is 6.26 Å². The maximum absolute atomic E-state index is 11.7. The van der Waals surface area contributed by atoms with E-state index in [0.29, 0.717) is 18.6 Å². The number of aromatic amines is 1. The fourth-order valence-corrected chi connectivity index (χ4v) is 1.87. The van der Waals surface area contributed by atoms with Crippen LogP contribution >= 0.6 is 0 Å². The van der Waals surface area contributed by atoms with Gasteiger partial charge in [0.2, 0.25) is 0 Å². The van der Waals surface area contributed by atoms with Crippen molar-refractivity contribution in [2.75, 3.05) is 6.61 Å². The lowest BCUT2D eigenvalue weighted by atomic mass is 10.1. The number of pyridine rings is 1. The highest BCUT2D eigenvalue weighted by atomic mass is 16.5. The van der Waals surface area contributed by atoms with E-state index in [1.54, 1.807) is 12.3 Å². The van der Waals surface area contributed by atoms with Gasteiger partial charge < -0.3 is 14.5 Å². The quantitative estimate of drug-likeness (QED) is 0.614. The van der Waals surface area contributed by atoms with Crippen molar-refractivity contribution in [1.29, 1.82) is 0 Å². The van der Waals surface area contributed by atoms with Gasteiger partial charge in [0.05, 0.1) is 24.8 Å². The van der Waals surface area contributed by atoms with Crippen LogP contribution in [0.25, 0.3) is 18.4 Å². The molecule has 0 atom stereocenters. The van der Waals surface area contributed by atoms with E-state index in [0.717, 1.165) is 16.3 Å². The molecule has 0 spiro atoms. The zero-order valence-electron chi connectivity index (χ0n) is 7.95. The summed E-state index contributed by atoms with van der Waals surface area (Å²) in [5.41, 5.74) is 1.84. The molecule has 15 heavy (non-hydrogen) atoms. The number of ether oxygens (including phenoxy) is 2. The van der Waals surface area contributed by atoms with Crippen LogP contribution < -0.4 is 16.1 Å². The molecule has 1 aromatic rings. The van der Waals surface area contributed by atoms with E-state index in [4.69, 9.17) is 9.47 Å². The molecule has 0 amide bonds. The second kappa shape index (κ2) is 3.10. The van der Waals surface area contributed by atoms with Crippen LogP contribution in [0.15, 0.2) is 11.1 Å². The Bertz CT molecular complexity index is 610. The molecule has 0 aliphatic carbocycles. The summed E-state index contributed by atoms with van der Waals surface area (Å²) in [7, 11) is 0. The number of nitrogens with one attached hydrogen (secondary N) is 1. The monoisotopic (exact) mass is 203 g/mol. The number of H-pyrrole nitrogens is 1. The first-order valence-electron chi connectivity index (χ1n) is 4.71. The Morgan fingerprint density at radius 2 is 2.33 bits per heavy atom. The third kappa shape index (κ3) is 1.22. The topological polar surface area (TPSA) is 51.3 Å². The van der Waals surface area contributed by atoms with Crippen molar-refractivity contribution in [2.24, 2.45) is 0 Å². The van der Waals surface area contributed by atoms with Gasteiger partial charge in [-0.3, -0.25) is 4.79 Å². The largest absolute Gasteiger partial charge is 0.470 e. The molecule has 3 heterocycles. The molecule has 0 radical (unpaired) electrons. The fraction of sp³-hybridized carbons (Fsp3) is 0.182. The van der Waals surface area contributed by atoms with Crippen molar-refractivity contribution < 1.29 is 9.47 Å². The molecule has 2 aliphatic rings. The third-order valence-electron chi connectivity index (χ3n) is 2.58. The summed E-state index contributed by atoms with van der Waals surface area (Å²) in [6.07, 6.45) is 6.77. The zero-order valence-corrected chi connectivity index (χ0v) is 7.95. The summed E-state index contributed by atoms with van der Waals surface area (Å²) in [5.74, 6) is 0. The maximum Gasteiger partial charge on any atom is 0.255 e. The van der Waals surface area contributed by atoms with E-state index >= 15 is 0 Å². The summed E-state index contributed by atoms with van der Waals surface area (Å²) >= 11 is 0. The Morgan fingerprint density at radius 3 is 3.27 bits per heavy atom. The van der Waals surface area contributed by atoms with Crippen LogP contribution in [0, 0.1) is 0 Å². The smallest absolute Gasteiger partial charge is 0.255 e. The second-order valence-corrected chi connectivity index (χ2v) is 3.45. The van der Waals surface area contributed by atoms with Crippen molar-refractivity contribution in [1.82, 2.24) is 4.98 Å². The Hall–Kier alpha value is -1.81. The van der Waals surface area contributed by atoms with E-state index in [-0.39, 0.29) is 5.56 Å². The first kappa shape index (κ1) is 8.49. The van der Waals surface area contributed by atoms with E-state index < -0.39 is 0 Å². The lowest BCUT2D eigenvalue weighted by Crippen LogP contribution is -2.41. The summed E-state index contributed by atoms with van der Waals surface area (Å²) in [6.45, 7) is 0.981. The van der Waals surface area contributed by atoms with Crippen LogP contribution in [0.5, 0.6) is 0 Å². The minimum absolute atomic E-state index is 0.0813. The highest BCUT2D eigenvalue weighted by molar-refractivity contribution is 5.57. The summed E-state index contributed by atoms with van der Waals surface area (Å²) < 4.78 is 10.3. The van der Waals surface area contributed by atoms with Crippen molar-refractivity contribution >= 4 is 18.4 Å². The minimum atomic E-state index is -0.0813. The normalized spacial score (nSPS) is 16.8. The summed E-state index contributed by atoms with van der Waals surface area (Å²) in [4.78, 5) is 14.5.